The maximum Gasteiger partial charge on any atom is 0.251 e. The van der Waals surface area contributed by atoms with E-state index >= 15 is 0 Å². The molecule has 0 aliphatic carbocycles. The van der Waals surface area contributed by atoms with Gasteiger partial charge >= 0.3 is 0 Å². The van der Waals surface area contributed by atoms with Crippen molar-refractivity contribution in [1.82, 2.24) is 0 Å². The molecular formula is C9H18Cl2O2Si. The molecule has 0 aromatic heterocycles. The molecule has 1 unspecified atom stereocenters. The Kier molecular flexibility index (Phi) is 5.78. The van der Waals surface area contributed by atoms with Gasteiger partial charge in [-0.15, -0.1) is 22.2 Å². The first kappa shape index (κ1) is 12.8. The van der Waals surface area contributed by atoms with Gasteiger partial charge in [-0.3, -0.25) is 0 Å². The Labute approximate surface area is 96.3 Å². The summed E-state index contributed by atoms with van der Waals surface area (Å²) in [5.74, 6) is 0. The van der Waals surface area contributed by atoms with E-state index in [0.717, 1.165) is 44.8 Å². The summed E-state index contributed by atoms with van der Waals surface area (Å²) in [5.41, 5.74) is 0. The third kappa shape index (κ3) is 6.25. The minimum Gasteiger partial charge on any atom is -0.379 e. The summed E-state index contributed by atoms with van der Waals surface area (Å²) in [6.07, 6.45) is 2.42. The van der Waals surface area contributed by atoms with Gasteiger partial charge in [-0.05, 0) is 18.5 Å². The van der Waals surface area contributed by atoms with Crippen LogP contribution in [-0.2, 0) is 9.47 Å². The predicted molar refractivity (Wildman–Crippen MR) is 62.5 cm³/mol. The summed E-state index contributed by atoms with van der Waals surface area (Å²) in [7, 11) is 0. The van der Waals surface area contributed by atoms with Gasteiger partial charge in [-0.25, -0.2) is 0 Å². The first-order valence-electron chi connectivity index (χ1n) is 5.21. The van der Waals surface area contributed by atoms with Crippen LogP contribution in [0.25, 0.3) is 0 Å². The van der Waals surface area contributed by atoms with Crippen LogP contribution < -0.4 is 0 Å². The summed E-state index contributed by atoms with van der Waals surface area (Å²) >= 11 is 12.4. The molecular weight excluding hydrogens is 239 g/mol. The second-order valence-corrected chi connectivity index (χ2v) is 11.4. The zero-order valence-corrected chi connectivity index (χ0v) is 11.1. The molecule has 1 rings (SSSR count). The summed E-state index contributed by atoms with van der Waals surface area (Å²) in [4.78, 5) is 0. The van der Waals surface area contributed by atoms with Crippen molar-refractivity contribution in [3.05, 3.63) is 0 Å². The first-order valence-corrected chi connectivity index (χ1v) is 9.65. The third-order valence-corrected chi connectivity index (χ3v) is 6.74. The number of rotatable bonds is 8. The van der Waals surface area contributed by atoms with Crippen LogP contribution in [0.2, 0.25) is 12.1 Å². The Bertz CT molecular complexity index is 163. The van der Waals surface area contributed by atoms with E-state index in [9.17, 15) is 0 Å². The average Bonchev–Trinajstić information content (AvgIpc) is 2.87. The maximum absolute atomic E-state index is 6.21. The van der Waals surface area contributed by atoms with Crippen LogP contribution in [-0.4, -0.2) is 32.6 Å². The van der Waals surface area contributed by atoms with Crippen LogP contribution >= 0.6 is 22.2 Å². The van der Waals surface area contributed by atoms with Crippen LogP contribution in [0.1, 0.15) is 19.8 Å². The predicted octanol–water partition coefficient (Wildman–Crippen LogP) is 3.12. The van der Waals surface area contributed by atoms with Gasteiger partial charge in [0.15, 0.2) is 0 Å². The topological polar surface area (TPSA) is 21.8 Å². The number of epoxide rings is 1. The second kappa shape index (κ2) is 6.33. The van der Waals surface area contributed by atoms with Gasteiger partial charge in [0, 0.05) is 6.61 Å². The van der Waals surface area contributed by atoms with Gasteiger partial charge in [0.1, 0.15) is 6.10 Å². The summed E-state index contributed by atoms with van der Waals surface area (Å²) in [5, 5.41) is 0. The van der Waals surface area contributed by atoms with E-state index in [1.165, 1.54) is 0 Å². The standard InChI is InChI=1S/C9H18Cl2O2Si/c1-2-5-14(10,11)6-3-4-12-7-9-8-13-9/h9H,2-8H2,1H3. The molecule has 1 aliphatic heterocycles. The van der Waals surface area contributed by atoms with Crippen LogP contribution in [0.5, 0.6) is 0 Å². The summed E-state index contributed by atoms with van der Waals surface area (Å²) in [6.45, 7) is 2.54. The van der Waals surface area contributed by atoms with E-state index in [1.807, 2.05) is 0 Å². The quantitative estimate of drug-likeness (QED) is 0.288. The SMILES string of the molecule is CCC[Si](Cl)(Cl)CCCOCC1CO1. The summed E-state index contributed by atoms with van der Waals surface area (Å²) < 4.78 is 10.4. The number of hydrogen-bond donors (Lipinski definition) is 0. The highest BCUT2D eigenvalue weighted by molar-refractivity contribution is 7.45. The average molecular weight is 257 g/mol. The molecule has 14 heavy (non-hydrogen) atoms. The zero-order valence-electron chi connectivity index (χ0n) is 8.60. The monoisotopic (exact) mass is 256 g/mol. The largest absolute Gasteiger partial charge is 0.379 e. The van der Waals surface area contributed by atoms with Gasteiger partial charge in [0.05, 0.1) is 13.2 Å². The van der Waals surface area contributed by atoms with Gasteiger partial charge in [-0.1, -0.05) is 13.3 Å². The third-order valence-electron chi connectivity index (χ3n) is 2.15. The molecule has 0 bridgehead atoms. The lowest BCUT2D eigenvalue weighted by molar-refractivity contribution is 0.117. The highest BCUT2D eigenvalue weighted by Gasteiger charge is 2.26. The Morgan fingerprint density at radius 3 is 2.71 bits per heavy atom. The molecule has 0 aromatic rings. The minimum absolute atomic E-state index is 0.361. The van der Waals surface area contributed by atoms with E-state index in [4.69, 9.17) is 31.6 Å². The van der Waals surface area contributed by atoms with Crippen LogP contribution in [0.3, 0.4) is 0 Å². The lowest BCUT2D eigenvalue weighted by atomic mass is 10.5. The van der Waals surface area contributed by atoms with Crippen molar-refractivity contribution in [2.24, 2.45) is 0 Å². The first-order chi connectivity index (χ1) is 6.64. The number of hydrogen-bond acceptors (Lipinski definition) is 2. The molecule has 0 radical (unpaired) electrons. The van der Waals surface area contributed by atoms with E-state index in [-0.39, 0.29) is 0 Å². The van der Waals surface area contributed by atoms with Crippen molar-refractivity contribution >= 4 is 28.9 Å². The van der Waals surface area contributed by atoms with Gasteiger partial charge in [0.25, 0.3) is 6.69 Å². The van der Waals surface area contributed by atoms with Crippen LogP contribution in [0.15, 0.2) is 0 Å². The molecule has 0 amide bonds. The molecule has 1 aliphatic rings. The van der Waals surface area contributed by atoms with Gasteiger partial charge in [0.2, 0.25) is 0 Å². The fourth-order valence-electron chi connectivity index (χ4n) is 1.30. The molecule has 1 fully saturated rings. The number of halogens is 2. The van der Waals surface area contributed by atoms with Gasteiger partial charge < -0.3 is 9.47 Å². The lowest BCUT2D eigenvalue weighted by Gasteiger charge is -2.14. The van der Waals surface area contributed by atoms with E-state index in [2.05, 4.69) is 6.92 Å². The molecule has 1 atom stereocenters. The highest BCUT2D eigenvalue weighted by Crippen LogP contribution is 2.28. The van der Waals surface area contributed by atoms with Crippen molar-refractivity contribution < 1.29 is 9.47 Å². The minimum atomic E-state index is -1.93. The molecule has 84 valence electrons. The van der Waals surface area contributed by atoms with E-state index in [1.54, 1.807) is 0 Å². The van der Waals surface area contributed by atoms with Crippen LogP contribution in [0.4, 0.5) is 0 Å². The zero-order chi connectivity index (χ0) is 10.4. The molecule has 1 saturated heterocycles. The molecule has 0 saturated carbocycles. The fourth-order valence-corrected chi connectivity index (χ4v) is 4.88. The van der Waals surface area contributed by atoms with E-state index < -0.39 is 6.69 Å². The summed E-state index contributed by atoms with van der Waals surface area (Å²) in [6, 6.07) is 1.93. The van der Waals surface area contributed by atoms with E-state index in [0.29, 0.717) is 6.10 Å². The Hall–Kier alpha value is 0.717. The molecule has 0 N–H and O–H groups in total. The van der Waals surface area contributed by atoms with Crippen LogP contribution in [0, 0.1) is 0 Å². The molecule has 5 heteroatoms. The van der Waals surface area contributed by atoms with Crippen molar-refractivity contribution in [2.45, 2.75) is 38.0 Å². The highest BCUT2D eigenvalue weighted by atomic mass is 35.7. The Balaban J connectivity index is 1.90. The number of ether oxygens (including phenoxy) is 2. The molecule has 1 heterocycles. The molecule has 2 nitrogen and oxygen atoms in total. The Morgan fingerprint density at radius 2 is 2.14 bits per heavy atom. The Morgan fingerprint density at radius 1 is 1.43 bits per heavy atom. The van der Waals surface area contributed by atoms with Gasteiger partial charge in [-0.2, -0.15) is 0 Å². The van der Waals surface area contributed by atoms with Crippen molar-refractivity contribution in [3.8, 4) is 0 Å². The maximum atomic E-state index is 6.21. The van der Waals surface area contributed by atoms with Crippen molar-refractivity contribution in [3.63, 3.8) is 0 Å². The second-order valence-electron chi connectivity index (χ2n) is 3.74. The fraction of sp³-hybridized carbons (Fsp3) is 1.00. The smallest absolute Gasteiger partial charge is 0.251 e. The van der Waals surface area contributed by atoms with Crippen molar-refractivity contribution in [2.75, 3.05) is 19.8 Å². The molecule has 0 aromatic carbocycles. The van der Waals surface area contributed by atoms with Crippen molar-refractivity contribution in [1.29, 1.82) is 0 Å². The lowest BCUT2D eigenvalue weighted by Crippen LogP contribution is -2.18. The molecule has 0 spiro atoms. The normalized spacial score (nSPS) is 21.2.